The smallest absolute Gasteiger partial charge is 0.269 e. The number of benzene rings is 2. The van der Waals surface area contributed by atoms with Gasteiger partial charge in [0.1, 0.15) is 0 Å². The minimum atomic E-state index is -0.435. The molecular weight excluding hydrogens is 356 g/mol. The SMILES string of the molecule is C=CCc1cc(CNCc2cc([N+](=O)[O-])ccc2Cl)cc(OC)c1OC. The van der Waals surface area contributed by atoms with Crippen molar-refractivity contribution in [2.24, 2.45) is 0 Å². The average Bonchev–Trinajstić information content (AvgIpc) is 2.62. The number of rotatable bonds is 9. The van der Waals surface area contributed by atoms with Gasteiger partial charge in [0.2, 0.25) is 0 Å². The molecule has 6 nitrogen and oxygen atoms in total. The van der Waals surface area contributed by atoms with E-state index in [2.05, 4.69) is 11.9 Å². The predicted octanol–water partition coefficient (Wildman–Crippen LogP) is 4.28. The summed E-state index contributed by atoms with van der Waals surface area (Å²) in [5.41, 5.74) is 2.67. The summed E-state index contributed by atoms with van der Waals surface area (Å²) < 4.78 is 10.8. The molecule has 0 unspecified atom stereocenters. The molecule has 0 atom stereocenters. The molecule has 2 aromatic rings. The van der Waals surface area contributed by atoms with E-state index in [1.807, 2.05) is 12.1 Å². The van der Waals surface area contributed by atoms with E-state index < -0.39 is 4.92 Å². The van der Waals surface area contributed by atoms with Gasteiger partial charge in [0.15, 0.2) is 11.5 Å². The lowest BCUT2D eigenvalue weighted by Crippen LogP contribution is -2.13. The van der Waals surface area contributed by atoms with Gasteiger partial charge in [-0.3, -0.25) is 10.1 Å². The molecule has 0 aliphatic rings. The summed E-state index contributed by atoms with van der Waals surface area (Å²) in [6, 6.07) is 8.32. The Kier molecular flexibility index (Phi) is 7.00. The van der Waals surface area contributed by atoms with Crippen molar-refractivity contribution in [3.8, 4) is 11.5 Å². The summed E-state index contributed by atoms with van der Waals surface area (Å²) in [6.07, 6.45) is 2.46. The van der Waals surface area contributed by atoms with Crippen LogP contribution in [0.4, 0.5) is 5.69 Å². The summed E-state index contributed by atoms with van der Waals surface area (Å²) in [5.74, 6) is 1.34. The van der Waals surface area contributed by atoms with Crippen LogP contribution in [0.2, 0.25) is 5.02 Å². The molecule has 0 bridgehead atoms. The summed E-state index contributed by atoms with van der Waals surface area (Å²) in [7, 11) is 3.20. The third-order valence-electron chi connectivity index (χ3n) is 3.86. The fourth-order valence-electron chi connectivity index (χ4n) is 2.67. The van der Waals surface area contributed by atoms with E-state index in [0.29, 0.717) is 41.6 Å². The number of non-ortho nitro benzene ring substituents is 1. The number of ether oxygens (including phenoxy) is 2. The number of nitrogens with one attached hydrogen (secondary N) is 1. The first-order valence-electron chi connectivity index (χ1n) is 7.98. The first-order valence-corrected chi connectivity index (χ1v) is 8.36. The van der Waals surface area contributed by atoms with Crippen LogP contribution in [0.1, 0.15) is 16.7 Å². The molecule has 0 aliphatic carbocycles. The lowest BCUT2D eigenvalue weighted by molar-refractivity contribution is -0.384. The minimum absolute atomic E-state index is 0.0191. The fraction of sp³-hybridized carbons (Fsp3) is 0.263. The first kappa shape index (κ1) is 19.8. The van der Waals surface area contributed by atoms with Crippen LogP contribution in [0.3, 0.4) is 0 Å². The highest BCUT2D eigenvalue weighted by Gasteiger charge is 2.12. The molecule has 0 aromatic heterocycles. The highest BCUT2D eigenvalue weighted by Crippen LogP contribution is 2.33. The molecule has 138 valence electrons. The molecule has 0 fully saturated rings. The number of nitro groups is 1. The topological polar surface area (TPSA) is 73.6 Å². The van der Waals surface area contributed by atoms with E-state index in [1.165, 1.54) is 18.2 Å². The third kappa shape index (κ3) is 4.74. The van der Waals surface area contributed by atoms with Gasteiger partial charge in [-0.25, -0.2) is 0 Å². The number of hydrogen-bond acceptors (Lipinski definition) is 5. The van der Waals surface area contributed by atoms with Gasteiger partial charge in [-0.1, -0.05) is 23.7 Å². The summed E-state index contributed by atoms with van der Waals surface area (Å²) >= 11 is 6.13. The van der Waals surface area contributed by atoms with E-state index in [9.17, 15) is 10.1 Å². The van der Waals surface area contributed by atoms with E-state index in [4.69, 9.17) is 21.1 Å². The Hall–Kier alpha value is -2.57. The minimum Gasteiger partial charge on any atom is -0.493 e. The number of hydrogen-bond donors (Lipinski definition) is 1. The summed E-state index contributed by atoms with van der Waals surface area (Å²) in [5, 5.41) is 14.6. The van der Waals surface area contributed by atoms with Crippen LogP contribution in [0.15, 0.2) is 43.0 Å². The lowest BCUT2D eigenvalue weighted by Gasteiger charge is -2.15. The van der Waals surface area contributed by atoms with Crippen molar-refractivity contribution in [2.75, 3.05) is 14.2 Å². The highest BCUT2D eigenvalue weighted by molar-refractivity contribution is 6.31. The second kappa shape index (κ2) is 9.22. The second-order valence-electron chi connectivity index (χ2n) is 5.62. The van der Waals surface area contributed by atoms with Gasteiger partial charge in [-0.2, -0.15) is 0 Å². The molecular formula is C19H21ClN2O4. The van der Waals surface area contributed by atoms with Crippen LogP contribution >= 0.6 is 11.6 Å². The number of halogens is 1. The van der Waals surface area contributed by atoms with Gasteiger partial charge >= 0.3 is 0 Å². The van der Waals surface area contributed by atoms with Crippen molar-refractivity contribution in [1.82, 2.24) is 5.32 Å². The van der Waals surface area contributed by atoms with E-state index in [-0.39, 0.29) is 5.69 Å². The molecule has 2 rings (SSSR count). The van der Waals surface area contributed by atoms with Crippen LogP contribution in [0.5, 0.6) is 11.5 Å². The maximum atomic E-state index is 10.9. The Bertz CT molecular complexity index is 808. The monoisotopic (exact) mass is 376 g/mol. The van der Waals surface area contributed by atoms with Crippen LogP contribution in [-0.4, -0.2) is 19.1 Å². The first-order chi connectivity index (χ1) is 12.5. The van der Waals surface area contributed by atoms with Crippen molar-refractivity contribution in [3.05, 3.63) is 74.8 Å². The van der Waals surface area contributed by atoms with Crippen LogP contribution in [-0.2, 0) is 19.5 Å². The number of allylic oxidation sites excluding steroid dienone is 1. The van der Waals surface area contributed by atoms with Crippen molar-refractivity contribution >= 4 is 17.3 Å². The zero-order valence-corrected chi connectivity index (χ0v) is 15.5. The number of nitro benzene ring substituents is 1. The van der Waals surface area contributed by atoms with Crippen molar-refractivity contribution in [3.63, 3.8) is 0 Å². The molecule has 2 aromatic carbocycles. The van der Waals surface area contributed by atoms with Crippen LogP contribution < -0.4 is 14.8 Å². The summed E-state index contributed by atoms with van der Waals surface area (Å²) in [6.45, 7) is 4.72. The van der Waals surface area contributed by atoms with Gasteiger partial charge in [0.05, 0.1) is 19.1 Å². The standard InChI is InChI=1S/C19H21ClN2O4/c1-4-5-14-8-13(9-18(25-2)19(14)26-3)11-21-12-15-10-16(22(23)24)6-7-17(15)20/h4,6-10,21H,1,5,11-12H2,2-3H3. The Morgan fingerprint density at radius 2 is 1.96 bits per heavy atom. The maximum Gasteiger partial charge on any atom is 0.269 e. The largest absolute Gasteiger partial charge is 0.493 e. The predicted molar refractivity (Wildman–Crippen MR) is 102 cm³/mol. The summed E-state index contributed by atoms with van der Waals surface area (Å²) in [4.78, 5) is 10.5. The fourth-order valence-corrected chi connectivity index (χ4v) is 2.85. The highest BCUT2D eigenvalue weighted by atomic mass is 35.5. The molecule has 0 aliphatic heterocycles. The molecule has 1 N–H and O–H groups in total. The van der Waals surface area contributed by atoms with Gasteiger partial charge in [0.25, 0.3) is 5.69 Å². The number of methoxy groups -OCH3 is 2. The van der Waals surface area contributed by atoms with E-state index >= 15 is 0 Å². The van der Waals surface area contributed by atoms with Gasteiger partial charge < -0.3 is 14.8 Å². The quantitative estimate of drug-likeness (QED) is 0.401. The van der Waals surface area contributed by atoms with Crippen molar-refractivity contribution < 1.29 is 14.4 Å². The number of nitrogens with zero attached hydrogens (tertiary/aromatic N) is 1. The zero-order chi connectivity index (χ0) is 19.1. The molecule has 0 radical (unpaired) electrons. The van der Waals surface area contributed by atoms with Crippen LogP contribution in [0.25, 0.3) is 0 Å². The van der Waals surface area contributed by atoms with E-state index in [1.54, 1.807) is 20.3 Å². The molecule has 0 saturated carbocycles. The zero-order valence-electron chi connectivity index (χ0n) is 14.8. The van der Waals surface area contributed by atoms with Gasteiger partial charge in [-0.15, -0.1) is 6.58 Å². The molecule has 0 amide bonds. The molecule has 0 saturated heterocycles. The molecule has 26 heavy (non-hydrogen) atoms. The Morgan fingerprint density at radius 1 is 1.19 bits per heavy atom. The average molecular weight is 377 g/mol. The van der Waals surface area contributed by atoms with E-state index in [0.717, 1.165) is 11.1 Å². The Labute approximate surface area is 157 Å². The van der Waals surface area contributed by atoms with Gasteiger partial charge in [0, 0.05) is 35.8 Å². The van der Waals surface area contributed by atoms with Crippen LogP contribution in [0, 0.1) is 10.1 Å². The Morgan fingerprint density at radius 3 is 2.58 bits per heavy atom. The third-order valence-corrected chi connectivity index (χ3v) is 4.23. The maximum absolute atomic E-state index is 10.9. The molecule has 7 heteroatoms. The molecule has 0 spiro atoms. The Balaban J connectivity index is 2.14. The van der Waals surface area contributed by atoms with Gasteiger partial charge in [-0.05, 0) is 29.7 Å². The van der Waals surface area contributed by atoms with Crippen molar-refractivity contribution in [1.29, 1.82) is 0 Å². The second-order valence-corrected chi connectivity index (χ2v) is 6.03. The normalized spacial score (nSPS) is 10.4. The molecule has 0 heterocycles. The lowest BCUT2D eigenvalue weighted by atomic mass is 10.1. The van der Waals surface area contributed by atoms with Crippen molar-refractivity contribution in [2.45, 2.75) is 19.5 Å².